The van der Waals surface area contributed by atoms with Crippen molar-refractivity contribution >= 4 is 27.7 Å². The maximum absolute atomic E-state index is 12.6. The van der Waals surface area contributed by atoms with Crippen LogP contribution < -0.4 is 15.8 Å². The van der Waals surface area contributed by atoms with Gasteiger partial charge in [0, 0.05) is 0 Å². The van der Waals surface area contributed by atoms with E-state index in [0.717, 1.165) is 0 Å². The molecule has 0 aliphatic carbocycles. The standard InChI is InChI=1S/C11H10BrF6N3O3/c1-9(23,11(16,17)18)3-20-8(22)24-7-5(19)2-4(6(12)21-7)10(13,14)15/h2,23H,3,19H2,1H3,(H,20,22)/t9-/m0/s1. The van der Waals surface area contributed by atoms with E-state index in [1.54, 1.807) is 5.32 Å². The number of rotatable bonds is 3. The number of nitrogens with zero attached hydrogens (tertiary/aromatic N) is 1. The summed E-state index contributed by atoms with van der Waals surface area (Å²) < 4.78 is 78.7. The van der Waals surface area contributed by atoms with E-state index in [4.69, 9.17) is 10.8 Å². The summed E-state index contributed by atoms with van der Waals surface area (Å²) in [5, 5.41) is 10.7. The Morgan fingerprint density at radius 1 is 1.38 bits per heavy atom. The predicted molar refractivity (Wildman–Crippen MR) is 72.1 cm³/mol. The van der Waals surface area contributed by atoms with Gasteiger partial charge in [-0.25, -0.2) is 9.78 Å². The number of anilines is 1. The fourth-order valence-electron chi connectivity index (χ4n) is 1.24. The number of aromatic nitrogens is 1. The first kappa shape index (κ1) is 20.3. The van der Waals surface area contributed by atoms with Gasteiger partial charge in [0.1, 0.15) is 4.60 Å². The van der Waals surface area contributed by atoms with E-state index in [1.807, 2.05) is 0 Å². The molecule has 0 spiro atoms. The average molecular weight is 426 g/mol. The molecular formula is C11H10BrF6N3O3. The van der Waals surface area contributed by atoms with Crippen LogP contribution in [0.25, 0.3) is 0 Å². The van der Waals surface area contributed by atoms with E-state index in [0.29, 0.717) is 13.0 Å². The van der Waals surface area contributed by atoms with Crippen LogP contribution in [0.5, 0.6) is 5.88 Å². The summed E-state index contributed by atoms with van der Waals surface area (Å²) in [6.45, 7) is -0.842. The molecule has 1 amide bonds. The Hall–Kier alpha value is -1.76. The lowest BCUT2D eigenvalue weighted by Crippen LogP contribution is -2.51. The molecule has 0 aliphatic heterocycles. The van der Waals surface area contributed by atoms with Gasteiger partial charge in [0.15, 0.2) is 5.60 Å². The number of alkyl halides is 6. The van der Waals surface area contributed by atoms with Crippen molar-refractivity contribution in [3.05, 3.63) is 16.2 Å². The largest absolute Gasteiger partial charge is 0.419 e. The minimum absolute atomic E-state index is 0.411. The second-order valence-electron chi connectivity index (χ2n) is 4.73. The summed E-state index contributed by atoms with van der Waals surface area (Å²) in [4.78, 5) is 14.7. The minimum atomic E-state index is -5.02. The highest BCUT2D eigenvalue weighted by atomic mass is 79.9. The highest BCUT2D eigenvalue weighted by molar-refractivity contribution is 9.10. The van der Waals surface area contributed by atoms with Crippen molar-refractivity contribution in [1.82, 2.24) is 10.3 Å². The number of nitrogens with one attached hydrogen (secondary N) is 1. The molecule has 0 fully saturated rings. The quantitative estimate of drug-likeness (QED) is 0.511. The van der Waals surface area contributed by atoms with Crippen LogP contribution in [0.2, 0.25) is 0 Å². The molecule has 13 heteroatoms. The summed E-state index contributed by atoms with van der Waals surface area (Å²) in [6.07, 6.45) is -11.3. The lowest BCUT2D eigenvalue weighted by atomic mass is 10.1. The van der Waals surface area contributed by atoms with Gasteiger partial charge in [-0.15, -0.1) is 0 Å². The number of hydrogen-bond acceptors (Lipinski definition) is 5. The van der Waals surface area contributed by atoms with Crippen LogP contribution >= 0.6 is 15.9 Å². The molecule has 136 valence electrons. The van der Waals surface area contributed by atoms with Gasteiger partial charge in [-0.05, 0) is 28.9 Å². The zero-order valence-corrected chi connectivity index (χ0v) is 13.3. The predicted octanol–water partition coefficient (Wildman–Crippen LogP) is 2.85. The Kier molecular flexibility index (Phi) is 5.60. The van der Waals surface area contributed by atoms with Crippen molar-refractivity contribution in [2.45, 2.75) is 24.9 Å². The van der Waals surface area contributed by atoms with Gasteiger partial charge in [0.05, 0.1) is 17.8 Å². The molecule has 1 aromatic rings. The third-order valence-corrected chi connectivity index (χ3v) is 3.26. The van der Waals surface area contributed by atoms with Gasteiger partial charge in [-0.1, -0.05) is 0 Å². The van der Waals surface area contributed by atoms with E-state index in [9.17, 15) is 31.1 Å². The van der Waals surface area contributed by atoms with E-state index in [1.165, 1.54) is 0 Å². The maximum Gasteiger partial charge on any atom is 0.419 e. The Bertz CT molecular complexity index is 633. The van der Waals surface area contributed by atoms with Crippen molar-refractivity contribution < 1.29 is 41.0 Å². The SMILES string of the molecule is C[C@](O)(CNC(=O)Oc1nc(Br)c(C(F)(F)F)cc1N)C(F)(F)F. The molecule has 0 radical (unpaired) electrons. The molecule has 0 aromatic carbocycles. The maximum atomic E-state index is 12.6. The highest BCUT2D eigenvalue weighted by Gasteiger charge is 2.50. The first-order valence-corrected chi connectivity index (χ1v) is 6.72. The Labute approximate surface area is 139 Å². The number of nitrogen functional groups attached to an aromatic ring is 1. The number of ether oxygens (including phenoxy) is 1. The fraction of sp³-hybridized carbons (Fsp3) is 0.455. The lowest BCUT2D eigenvalue weighted by Gasteiger charge is -2.26. The minimum Gasteiger partial charge on any atom is -0.394 e. The van der Waals surface area contributed by atoms with Crippen molar-refractivity contribution in [3.63, 3.8) is 0 Å². The highest BCUT2D eigenvalue weighted by Crippen LogP contribution is 2.37. The normalized spacial score (nSPS) is 14.9. The van der Waals surface area contributed by atoms with Gasteiger partial charge in [0.25, 0.3) is 0 Å². The summed E-state index contributed by atoms with van der Waals surface area (Å²) in [7, 11) is 0. The molecule has 0 bridgehead atoms. The average Bonchev–Trinajstić information content (AvgIpc) is 2.37. The molecule has 1 atom stereocenters. The van der Waals surface area contributed by atoms with Gasteiger partial charge in [-0.2, -0.15) is 26.3 Å². The number of carbonyl (C=O) groups excluding carboxylic acids is 1. The first-order chi connectivity index (χ1) is 10.6. The molecule has 0 saturated heterocycles. The summed E-state index contributed by atoms with van der Waals surface area (Å²) >= 11 is 2.52. The molecule has 4 N–H and O–H groups in total. The van der Waals surface area contributed by atoms with Gasteiger partial charge >= 0.3 is 18.4 Å². The van der Waals surface area contributed by atoms with Crippen LogP contribution in [0.1, 0.15) is 12.5 Å². The van der Waals surface area contributed by atoms with Crippen LogP contribution in [-0.4, -0.2) is 34.5 Å². The number of nitrogens with two attached hydrogens (primary N) is 1. The van der Waals surface area contributed by atoms with Crippen LogP contribution in [0.4, 0.5) is 36.8 Å². The van der Waals surface area contributed by atoms with Crippen molar-refractivity contribution in [2.75, 3.05) is 12.3 Å². The summed E-state index contributed by atoms with van der Waals surface area (Å²) in [5.41, 5.74) is 0.146. The molecule has 0 saturated carbocycles. The van der Waals surface area contributed by atoms with E-state index >= 15 is 0 Å². The first-order valence-electron chi connectivity index (χ1n) is 5.93. The van der Waals surface area contributed by atoms with E-state index in [2.05, 4.69) is 25.7 Å². The van der Waals surface area contributed by atoms with Gasteiger partial charge < -0.3 is 20.9 Å². The smallest absolute Gasteiger partial charge is 0.394 e. The molecule has 24 heavy (non-hydrogen) atoms. The van der Waals surface area contributed by atoms with Crippen LogP contribution in [-0.2, 0) is 6.18 Å². The third-order valence-electron chi connectivity index (χ3n) is 2.65. The summed E-state index contributed by atoms with van der Waals surface area (Å²) in [6, 6.07) is 0.436. The molecule has 1 heterocycles. The second kappa shape index (κ2) is 6.63. The van der Waals surface area contributed by atoms with Gasteiger partial charge in [-0.3, -0.25) is 0 Å². The lowest BCUT2D eigenvalue weighted by molar-refractivity contribution is -0.249. The Balaban J connectivity index is 2.84. The molecule has 1 rings (SSSR count). The van der Waals surface area contributed by atoms with Crippen LogP contribution in [0.15, 0.2) is 10.7 Å². The number of amides is 1. The van der Waals surface area contributed by atoms with Crippen molar-refractivity contribution in [1.29, 1.82) is 0 Å². The number of halogens is 7. The van der Waals surface area contributed by atoms with Gasteiger partial charge in [0.2, 0.25) is 5.88 Å². The molecule has 1 aromatic heterocycles. The molecule has 6 nitrogen and oxygen atoms in total. The Morgan fingerprint density at radius 2 is 1.92 bits per heavy atom. The van der Waals surface area contributed by atoms with Crippen molar-refractivity contribution in [2.24, 2.45) is 0 Å². The molecule has 0 aliphatic rings. The third kappa shape index (κ3) is 4.87. The number of pyridine rings is 1. The number of aliphatic hydroxyl groups is 1. The second-order valence-corrected chi connectivity index (χ2v) is 5.48. The van der Waals surface area contributed by atoms with Crippen molar-refractivity contribution in [3.8, 4) is 5.88 Å². The van der Waals surface area contributed by atoms with E-state index in [-0.39, 0.29) is 0 Å². The van der Waals surface area contributed by atoms with Crippen LogP contribution in [0, 0.1) is 0 Å². The van der Waals surface area contributed by atoms with E-state index < -0.39 is 52.3 Å². The zero-order valence-electron chi connectivity index (χ0n) is 11.7. The zero-order chi connectivity index (χ0) is 18.9. The fourth-order valence-corrected chi connectivity index (χ4v) is 1.74. The monoisotopic (exact) mass is 425 g/mol. The number of carbonyl (C=O) groups is 1. The van der Waals surface area contributed by atoms with Crippen LogP contribution in [0.3, 0.4) is 0 Å². The summed E-state index contributed by atoms with van der Waals surface area (Å²) in [5.74, 6) is -0.751. The Morgan fingerprint density at radius 3 is 2.38 bits per heavy atom. The topological polar surface area (TPSA) is 97.5 Å². The molecular weight excluding hydrogens is 416 g/mol. The molecule has 0 unspecified atom stereocenters. The number of hydrogen-bond donors (Lipinski definition) is 3.